The summed E-state index contributed by atoms with van der Waals surface area (Å²) >= 11 is 6.13. The van der Waals surface area contributed by atoms with Crippen LogP contribution in [0.4, 0.5) is 0 Å². The first-order chi connectivity index (χ1) is 11.5. The van der Waals surface area contributed by atoms with E-state index in [4.69, 9.17) is 16.4 Å². The van der Waals surface area contributed by atoms with Gasteiger partial charge in [0, 0.05) is 16.0 Å². The molecule has 1 atom stereocenters. The Morgan fingerprint density at radius 1 is 1.17 bits per heavy atom. The van der Waals surface area contributed by atoms with E-state index >= 15 is 0 Å². The van der Waals surface area contributed by atoms with Gasteiger partial charge in [0.15, 0.2) is 0 Å². The topological polar surface area (TPSA) is 29.5 Å². The van der Waals surface area contributed by atoms with Gasteiger partial charge < -0.3 is 4.79 Å². The third-order valence-corrected chi connectivity index (χ3v) is 4.46. The van der Waals surface area contributed by atoms with Crippen molar-refractivity contribution >= 4 is 23.6 Å². The van der Waals surface area contributed by atoms with Gasteiger partial charge in [-0.1, -0.05) is 67.9 Å². The molecule has 0 N–H and O–H groups in total. The Balaban J connectivity index is 1.90. The molecule has 0 saturated heterocycles. The minimum Gasteiger partial charge on any atom is -0.301 e. The minimum absolute atomic E-state index is 0.323. The van der Waals surface area contributed by atoms with Crippen molar-refractivity contribution in [1.29, 1.82) is 0 Å². The van der Waals surface area contributed by atoms with Crippen LogP contribution < -0.4 is 0 Å². The molecule has 0 radical (unpaired) electrons. The maximum Gasteiger partial charge on any atom is 0.145 e. The zero-order chi connectivity index (χ0) is 17.2. The van der Waals surface area contributed by atoms with E-state index in [-0.39, 0.29) is 11.5 Å². The molecule has 24 heavy (non-hydrogen) atoms. The fourth-order valence-electron chi connectivity index (χ4n) is 2.91. The highest BCUT2D eigenvalue weighted by Gasteiger charge is 2.41. The van der Waals surface area contributed by atoms with Gasteiger partial charge in [0.05, 0.1) is 12.3 Å². The first kappa shape index (κ1) is 16.7. The van der Waals surface area contributed by atoms with E-state index in [0.29, 0.717) is 11.6 Å². The van der Waals surface area contributed by atoms with Crippen LogP contribution >= 0.6 is 11.6 Å². The summed E-state index contributed by atoms with van der Waals surface area (Å²) in [5, 5.41) is 2.37. The summed E-state index contributed by atoms with van der Waals surface area (Å²) in [5.41, 5.74) is 2.54. The van der Waals surface area contributed by atoms with Gasteiger partial charge in [-0.25, -0.2) is 5.06 Å². The van der Waals surface area contributed by atoms with Crippen molar-refractivity contribution < 1.29 is 9.63 Å². The SMILES string of the molecule is CC1(C)C=C(c2cccc(Cl)c2)N(OCc2ccccc2)C1C=O. The van der Waals surface area contributed by atoms with Gasteiger partial charge in [-0.15, -0.1) is 0 Å². The van der Waals surface area contributed by atoms with E-state index in [2.05, 4.69) is 6.08 Å². The number of hydrogen-bond acceptors (Lipinski definition) is 3. The second-order valence-electron chi connectivity index (χ2n) is 6.53. The highest BCUT2D eigenvalue weighted by atomic mass is 35.5. The number of halogens is 1. The van der Waals surface area contributed by atoms with Crippen molar-refractivity contribution in [2.75, 3.05) is 0 Å². The molecule has 2 aromatic rings. The van der Waals surface area contributed by atoms with Gasteiger partial charge in [0.2, 0.25) is 0 Å². The molecule has 4 heteroatoms. The number of carbonyl (C=O) groups is 1. The van der Waals surface area contributed by atoms with Crippen molar-refractivity contribution in [2.24, 2.45) is 5.41 Å². The number of nitrogens with zero attached hydrogens (tertiary/aromatic N) is 1. The number of carbonyl (C=O) groups excluding carboxylic acids is 1. The van der Waals surface area contributed by atoms with Crippen LogP contribution in [0.1, 0.15) is 25.0 Å². The average molecular weight is 342 g/mol. The van der Waals surface area contributed by atoms with Crippen LogP contribution in [0.5, 0.6) is 0 Å². The summed E-state index contributed by atoms with van der Waals surface area (Å²) in [6, 6.07) is 17.1. The fraction of sp³-hybridized carbons (Fsp3) is 0.250. The molecular formula is C20H20ClNO2. The lowest BCUT2D eigenvalue weighted by atomic mass is 9.87. The number of hydrogen-bond donors (Lipinski definition) is 0. The van der Waals surface area contributed by atoms with Crippen LogP contribution in [0, 0.1) is 5.41 Å². The molecule has 1 heterocycles. The van der Waals surface area contributed by atoms with E-state index in [9.17, 15) is 4.79 Å². The van der Waals surface area contributed by atoms with E-state index in [0.717, 1.165) is 23.1 Å². The predicted octanol–water partition coefficient (Wildman–Crippen LogP) is 4.72. The predicted molar refractivity (Wildman–Crippen MR) is 96.1 cm³/mol. The molecule has 124 valence electrons. The van der Waals surface area contributed by atoms with Crippen molar-refractivity contribution in [3.63, 3.8) is 0 Å². The second kappa shape index (κ2) is 6.80. The standard InChI is InChI=1S/C20H20ClNO2/c1-20(2)12-18(16-9-6-10-17(21)11-16)22(19(20)13-23)24-14-15-7-4-3-5-8-15/h3-13,19H,14H2,1-2H3. The van der Waals surface area contributed by atoms with E-state index in [1.807, 2.05) is 68.4 Å². The summed E-state index contributed by atoms with van der Waals surface area (Å²) in [4.78, 5) is 17.7. The molecule has 0 saturated carbocycles. The van der Waals surface area contributed by atoms with Gasteiger partial charge in [-0.3, -0.25) is 4.84 Å². The number of rotatable bonds is 5. The van der Waals surface area contributed by atoms with E-state index in [1.165, 1.54) is 0 Å². The monoisotopic (exact) mass is 341 g/mol. The van der Waals surface area contributed by atoms with Crippen LogP contribution in [0.3, 0.4) is 0 Å². The lowest BCUT2D eigenvalue weighted by molar-refractivity contribution is -0.161. The molecular weight excluding hydrogens is 322 g/mol. The highest BCUT2D eigenvalue weighted by Crippen LogP contribution is 2.41. The third kappa shape index (κ3) is 3.37. The van der Waals surface area contributed by atoms with Gasteiger partial charge in [0.25, 0.3) is 0 Å². The summed E-state index contributed by atoms with van der Waals surface area (Å²) in [5.74, 6) is 0. The Labute approximate surface area is 147 Å². The zero-order valence-electron chi connectivity index (χ0n) is 13.8. The molecule has 0 bridgehead atoms. The molecule has 2 aromatic carbocycles. The summed E-state index contributed by atoms with van der Waals surface area (Å²) in [6.45, 7) is 4.46. The zero-order valence-corrected chi connectivity index (χ0v) is 14.5. The van der Waals surface area contributed by atoms with Gasteiger partial charge >= 0.3 is 0 Å². The van der Waals surface area contributed by atoms with E-state index < -0.39 is 0 Å². The number of hydroxylamine groups is 2. The highest BCUT2D eigenvalue weighted by molar-refractivity contribution is 6.30. The Bertz CT molecular complexity index is 755. The largest absolute Gasteiger partial charge is 0.301 e. The molecule has 1 unspecified atom stereocenters. The Kier molecular flexibility index (Phi) is 4.74. The summed E-state index contributed by atoms with van der Waals surface area (Å²) < 4.78 is 0. The van der Waals surface area contributed by atoms with Gasteiger partial charge in [0.1, 0.15) is 12.3 Å². The van der Waals surface area contributed by atoms with Gasteiger partial charge in [-0.2, -0.15) is 0 Å². The molecule has 0 spiro atoms. The minimum atomic E-state index is -0.379. The lowest BCUT2D eigenvalue weighted by Gasteiger charge is -2.30. The molecule has 3 nitrogen and oxygen atoms in total. The van der Waals surface area contributed by atoms with Gasteiger partial charge in [-0.05, 0) is 23.8 Å². The Morgan fingerprint density at radius 2 is 1.92 bits per heavy atom. The summed E-state index contributed by atoms with van der Waals surface area (Å²) in [7, 11) is 0. The first-order valence-electron chi connectivity index (χ1n) is 7.91. The van der Waals surface area contributed by atoms with Crippen molar-refractivity contribution in [2.45, 2.75) is 26.5 Å². The quantitative estimate of drug-likeness (QED) is 0.737. The molecule has 0 aromatic heterocycles. The first-order valence-corrected chi connectivity index (χ1v) is 8.29. The Hall–Kier alpha value is -2.10. The number of benzene rings is 2. The molecule has 0 aliphatic carbocycles. The fourth-order valence-corrected chi connectivity index (χ4v) is 3.10. The van der Waals surface area contributed by atoms with Crippen molar-refractivity contribution in [1.82, 2.24) is 5.06 Å². The second-order valence-corrected chi connectivity index (χ2v) is 6.96. The van der Waals surface area contributed by atoms with Crippen LogP contribution in [0.15, 0.2) is 60.7 Å². The maximum absolute atomic E-state index is 11.7. The number of aldehydes is 1. The lowest BCUT2D eigenvalue weighted by Crippen LogP contribution is -2.39. The normalized spacial score (nSPS) is 19.2. The van der Waals surface area contributed by atoms with Crippen LogP contribution in [0.2, 0.25) is 5.02 Å². The Morgan fingerprint density at radius 3 is 2.58 bits per heavy atom. The third-order valence-electron chi connectivity index (χ3n) is 4.22. The average Bonchev–Trinajstić information content (AvgIpc) is 2.84. The van der Waals surface area contributed by atoms with E-state index in [1.54, 1.807) is 5.06 Å². The molecule has 3 rings (SSSR count). The molecule has 1 aliphatic heterocycles. The van der Waals surface area contributed by atoms with Crippen LogP contribution in [-0.2, 0) is 16.2 Å². The van der Waals surface area contributed by atoms with Crippen molar-refractivity contribution in [3.8, 4) is 0 Å². The van der Waals surface area contributed by atoms with Crippen molar-refractivity contribution in [3.05, 3.63) is 76.8 Å². The molecule has 1 aliphatic rings. The maximum atomic E-state index is 11.7. The van der Waals surface area contributed by atoms with Crippen LogP contribution in [-0.4, -0.2) is 17.4 Å². The smallest absolute Gasteiger partial charge is 0.145 e. The summed E-state index contributed by atoms with van der Waals surface area (Å²) in [6.07, 6.45) is 3.02. The molecule has 0 fully saturated rings. The molecule has 0 amide bonds. The van der Waals surface area contributed by atoms with Crippen LogP contribution in [0.25, 0.3) is 5.70 Å².